The Hall–Kier alpha value is -3.43. The zero-order valence-corrected chi connectivity index (χ0v) is 20.0. The SMILES string of the molecule is Cc1ccc(N(C[C@@H](O)CN2C(=O)NC(C)(C)C2=O)S(=O)(=O)c2ccc3ccccc3c2)cc1. The lowest BCUT2D eigenvalue weighted by molar-refractivity contribution is -0.131. The fraction of sp³-hybridized carbons (Fsp3) is 0.280. The van der Waals surface area contributed by atoms with Gasteiger partial charge in [-0.05, 0) is 55.8 Å². The van der Waals surface area contributed by atoms with Crippen LogP contribution < -0.4 is 9.62 Å². The van der Waals surface area contributed by atoms with Gasteiger partial charge in [-0.25, -0.2) is 13.2 Å². The Morgan fingerprint density at radius 2 is 1.65 bits per heavy atom. The van der Waals surface area contributed by atoms with Crippen LogP contribution in [0.15, 0.2) is 71.6 Å². The summed E-state index contributed by atoms with van der Waals surface area (Å²) in [5.74, 6) is -0.476. The van der Waals surface area contributed by atoms with Crippen molar-refractivity contribution in [3.8, 4) is 0 Å². The number of nitrogens with one attached hydrogen (secondary N) is 1. The molecule has 0 radical (unpaired) electrons. The molecule has 0 unspecified atom stereocenters. The number of aliphatic hydroxyl groups is 1. The van der Waals surface area contributed by atoms with Crippen molar-refractivity contribution in [2.75, 3.05) is 17.4 Å². The number of amides is 3. The molecule has 0 bridgehead atoms. The topological polar surface area (TPSA) is 107 Å². The van der Waals surface area contributed by atoms with Crippen LogP contribution in [0, 0.1) is 6.92 Å². The minimum atomic E-state index is -4.07. The van der Waals surface area contributed by atoms with Crippen molar-refractivity contribution in [3.63, 3.8) is 0 Å². The molecule has 1 fully saturated rings. The fourth-order valence-electron chi connectivity index (χ4n) is 3.95. The molecule has 3 amide bonds. The monoisotopic (exact) mass is 481 g/mol. The molecule has 0 spiro atoms. The van der Waals surface area contributed by atoms with Crippen molar-refractivity contribution in [1.29, 1.82) is 0 Å². The molecule has 3 aromatic rings. The third kappa shape index (κ3) is 4.49. The molecule has 1 atom stereocenters. The number of anilines is 1. The smallest absolute Gasteiger partial charge is 0.325 e. The van der Waals surface area contributed by atoms with E-state index in [0.29, 0.717) is 5.69 Å². The van der Waals surface area contributed by atoms with Gasteiger partial charge in [0.1, 0.15) is 5.54 Å². The summed E-state index contributed by atoms with van der Waals surface area (Å²) in [5.41, 5.74) is 0.245. The van der Waals surface area contributed by atoms with E-state index in [1.807, 2.05) is 31.2 Å². The third-order valence-electron chi connectivity index (χ3n) is 5.85. The summed E-state index contributed by atoms with van der Waals surface area (Å²) < 4.78 is 28.6. The number of sulfonamides is 1. The van der Waals surface area contributed by atoms with E-state index in [1.165, 1.54) is 6.07 Å². The van der Waals surface area contributed by atoms with E-state index < -0.39 is 33.6 Å². The van der Waals surface area contributed by atoms with E-state index in [0.717, 1.165) is 25.5 Å². The van der Waals surface area contributed by atoms with Crippen molar-refractivity contribution in [2.24, 2.45) is 0 Å². The van der Waals surface area contributed by atoms with Gasteiger partial charge in [0.2, 0.25) is 0 Å². The van der Waals surface area contributed by atoms with Crippen molar-refractivity contribution in [1.82, 2.24) is 10.2 Å². The summed E-state index contributed by atoms with van der Waals surface area (Å²) in [5, 5.41) is 15.0. The second-order valence-electron chi connectivity index (χ2n) is 9.01. The number of β-amino-alcohol motifs (C(OH)–C–C–N with tert-alkyl or cyclic N) is 1. The first-order valence-electron chi connectivity index (χ1n) is 10.9. The van der Waals surface area contributed by atoms with Gasteiger partial charge in [0.15, 0.2) is 0 Å². The number of imide groups is 1. The summed E-state index contributed by atoms with van der Waals surface area (Å²) in [4.78, 5) is 25.7. The number of carbonyl (C=O) groups is 2. The molecule has 2 N–H and O–H groups in total. The molecular weight excluding hydrogens is 454 g/mol. The minimum Gasteiger partial charge on any atom is -0.389 e. The number of carbonyl (C=O) groups excluding carboxylic acids is 2. The van der Waals surface area contributed by atoms with Crippen LogP contribution in [0.3, 0.4) is 0 Å². The Balaban J connectivity index is 1.67. The number of aliphatic hydroxyl groups excluding tert-OH is 1. The van der Waals surface area contributed by atoms with Crippen LogP contribution >= 0.6 is 0 Å². The normalized spacial score (nSPS) is 16.5. The van der Waals surface area contributed by atoms with Crippen LogP contribution in [-0.4, -0.2) is 55.1 Å². The summed E-state index contributed by atoms with van der Waals surface area (Å²) in [6.45, 7) is 4.37. The van der Waals surface area contributed by atoms with Gasteiger partial charge < -0.3 is 10.4 Å². The number of hydrogen-bond acceptors (Lipinski definition) is 5. The van der Waals surface area contributed by atoms with Gasteiger partial charge in [0.25, 0.3) is 15.9 Å². The first-order chi connectivity index (χ1) is 16.0. The zero-order valence-electron chi connectivity index (χ0n) is 19.2. The molecule has 8 nitrogen and oxygen atoms in total. The number of rotatable bonds is 7. The average molecular weight is 482 g/mol. The number of benzene rings is 3. The van der Waals surface area contributed by atoms with Gasteiger partial charge in [-0.3, -0.25) is 14.0 Å². The predicted octanol–water partition coefficient (Wildman–Crippen LogP) is 3.03. The minimum absolute atomic E-state index is 0.0788. The maximum Gasteiger partial charge on any atom is 0.325 e. The molecule has 34 heavy (non-hydrogen) atoms. The fourth-order valence-corrected chi connectivity index (χ4v) is 5.49. The highest BCUT2D eigenvalue weighted by molar-refractivity contribution is 7.92. The molecule has 0 saturated carbocycles. The lowest BCUT2D eigenvalue weighted by Crippen LogP contribution is -2.45. The van der Waals surface area contributed by atoms with Crippen LogP contribution in [0.4, 0.5) is 10.5 Å². The Morgan fingerprint density at radius 3 is 2.26 bits per heavy atom. The van der Waals surface area contributed by atoms with Crippen LogP contribution in [0.5, 0.6) is 0 Å². The Bertz CT molecular complexity index is 1350. The van der Waals surface area contributed by atoms with Gasteiger partial charge in [-0.2, -0.15) is 0 Å². The Kier molecular flexibility index (Phi) is 6.09. The first kappa shape index (κ1) is 23.7. The maximum absolute atomic E-state index is 13.7. The molecule has 1 saturated heterocycles. The van der Waals surface area contributed by atoms with Gasteiger partial charge >= 0.3 is 6.03 Å². The second kappa shape index (κ2) is 8.73. The second-order valence-corrected chi connectivity index (χ2v) is 10.9. The van der Waals surface area contributed by atoms with E-state index in [2.05, 4.69) is 5.32 Å². The van der Waals surface area contributed by atoms with E-state index in [4.69, 9.17) is 0 Å². The quantitative estimate of drug-likeness (QED) is 0.505. The van der Waals surface area contributed by atoms with E-state index >= 15 is 0 Å². The van der Waals surface area contributed by atoms with E-state index in [9.17, 15) is 23.1 Å². The summed E-state index contributed by atoms with van der Waals surface area (Å²) >= 11 is 0. The zero-order chi connectivity index (χ0) is 24.7. The molecule has 0 aliphatic carbocycles. The maximum atomic E-state index is 13.7. The number of nitrogens with zero attached hydrogens (tertiary/aromatic N) is 2. The molecule has 1 aliphatic heterocycles. The molecule has 1 heterocycles. The average Bonchev–Trinajstić information content (AvgIpc) is 2.99. The van der Waals surface area contributed by atoms with Gasteiger partial charge in [0, 0.05) is 0 Å². The lowest BCUT2D eigenvalue weighted by Gasteiger charge is -2.28. The van der Waals surface area contributed by atoms with E-state index in [1.54, 1.807) is 50.2 Å². The van der Waals surface area contributed by atoms with Crippen LogP contribution in [0.25, 0.3) is 10.8 Å². The number of aryl methyl sites for hydroxylation is 1. The third-order valence-corrected chi connectivity index (χ3v) is 7.63. The lowest BCUT2D eigenvalue weighted by atomic mass is 10.1. The summed E-state index contributed by atoms with van der Waals surface area (Å²) in [7, 11) is -4.07. The summed E-state index contributed by atoms with van der Waals surface area (Å²) in [6, 6.07) is 18.6. The van der Waals surface area contributed by atoms with Crippen LogP contribution in [-0.2, 0) is 14.8 Å². The first-order valence-corrected chi connectivity index (χ1v) is 12.3. The highest BCUT2D eigenvalue weighted by Crippen LogP contribution is 2.27. The van der Waals surface area contributed by atoms with Gasteiger partial charge in [-0.15, -0.1) is 0 Å². The molecule has 3 aromatic carbocycles. The van der Waals surface area contributed by atoms with Gasteiger partial charge in [0.05, 0.1) is 29.8 Å². The van der Waals surface area contributed by atoms with Crippen LogP contribution in [0.1, 0.15) is 19.4 Å². The van der Waals surface area contributed by atoms with Crippen molar-refractivity contribution in [3.05, 3.63) is 72.3 Å². The molecule has 1 aliphatic rings. The van der Waals surface area contributed by atoms with Crippen molar-refractivity contribution < 1.29 is 23.1 Å². The number of fused-ring (bicyclic) bond motifs is 1. The highest BCUT2D eigenvalue weighted by atomic mass is 32.2. The summed E-state index contributed by atoms with van der Waals surface area (Å²) in [6.07, 6.45) is -1.31. The van der Waals surface area contributed by atoms with Gasteiger partial charge in [-0.1, -0.05) is 48.0 Å². The van der Waals surface area contributed by atoms with Crippen molar-refractivity contribution in [2.45, 2.75) is 37.3 Å². The number of hydrogen-bond donors (Lipinski definition) is 2. The molecule has 178 valence electrons. The van der Waals surface area contributed by atoms with E-state index in [-0.39, 0.29) is 18.0 Å². The molecule has 9 heteroatoms. The molecular formula is C25H27N3O5S. The molecule has 4 rings (SSSR count). The Morgan fingerprint density at radius 1 is 1.00 bits per heavy atom. The molecule has 0 aromatic heterocycles. The van der Waals surface area contributed by atoms with Crippen LogP contribution in [0.2, 0.25) is 0 Å². The number of urea groups is 1. The Labute approximate surface area is 198 Å². The standard InChI is InChI=1S/C25H27N3O5S/c1-17-8-11-20(12-9-17)28(16-21(29)15-27-23(30)25(2,3)26-24(27)31)34(32,33)22-13-10-18-6-4-5-7-19(18)14-22/h4-14,21,29H,15-16H2,1-3H3,(H,26,31)/t21-/m0/s1. The van der Waals surface area contributed by atoms with Crippen molar-refractivity contribution >= 4 is 38.4 Å². The highest BCUT2D eigenvalue weighted by Gasteiger charge is 2.45. The largest absolute Gasteiger partial charge is 0.389 e. The predicted molar refractivity (Wildman–Crippen MR) is 130 cm³/mol.